The van der Waals surface area contributed by atoms with Gasteiger partial charge in [0.05, 0.1) is 16.8 Å². The van der Waals surface area contributed by atoms with Crippen LogP contribution in [0.4, 0.5) is 15.2 Å². The zero-order valence-corrected chi connectivity index (χ0v) is 18.4. The van der Waals surface area contributed by atoms with E-state index in [1.54, 1.807) is 17.3 Å². The third-order valence-corrected chi connectivity index (χ3v) is 7.51. The van der Waals surface area contributed by atoms with Crippen LogP contribution >= 0.6 is 22.9 Å². The molecule has 0 radical (unpaired) electrons. The predicted octanol–water partition coefficient (Wildman–Crippen LogP) is 3.94. The Labute approximate surface area is 178 Å². The normalized spacial score (nSPS) is 19.6. The fraction of sp³-hybridized carbons (Fsp3) is 0.444. The quantitative estimate of drug-likeness (QED) is 0.681. The molecule has 158 valence electrons. The highest BCUT2D eigenvalue weighted by atomic mass is 35.5. The molecule has 1 amide bonds. The molecule has 3 rings (SSSR count). The van der Waals surface area contributed by atoms with Crippen molar-refractivity contribution in [3.05, 3.63) is 34.5 Å². The molecule has 7 nitrogen and oxygen atoms in total. The van der Waals surface area contributed by atoms with Gasteiger partial charge in [-0.05, 0) is 25.0 Å². The highest BCUT2D eigenvalue weighted by Gasteiger charge is 2.31. The van der Waals surface area contributed by atoms with Crippen molar-refractivity contribution >= 4 is 49.7 Å². The maximum absolute atomic E-state index is 14.7. The molecule has 2 aromatic rings. The molecule has 1 aromatic heterocycles. The minimum absolute atomic E-state index is 0.0457. The Morgan fingerprint density at radius 1 is 1.34 bits per heavy atom. The van der Waals surface area contributed by atoms with Gasteiger partial charge >= 0.3 is 0 Å². The molecule has 0 aliphatic heterocycles. The molecule has 0 saturated heterocycles. The third kappa shape index (κ3) is 4.99. The van der Waals surface area contributed by atoms with Crippen LogP contribution in [-0.4, -0.2) is 43.3 Å². The van der Waals surface area contributed by atoms with E-state index in [0.717, 1.165) is 49.2 Å². The van der Waals surface area contributed by atoms with Crippen LogP contribution in [-0.2, 0) is 14.8 Å². The number of anilines is 2. The lowest BCUT2D eigenvalue weighted by Gasteiger charge is -2.38. The molecule has 1 saturated carbocycles. The molecule has 0 bridgehead atoms. The number of rotatable bonds is 6. The van der Waals surface area contributed by atoms with Gasteiger partial charge in [-0.25, -0.2) is 17.8 Å². The molecule has 0 unspecified atom stereocenters. The first-order chi connectivity index (χ1) is 13.7. The Morgan fingerprint density at radius 3 is 2.72 bits per heavy atom. The van der Waals surface area contributed by atoms with E-state index in [2.05, 4.69) is 15.0 Å². The van der Waals surface area contributed by atoms with Crippen molar-refractivity contribution in [3.63, 3.8) is 0 Å². The van der Waals surface area contributed by atoms with Crippen LogP contribution in [0.2, 0.25) is 5.02 Å². The fourth-order valence-corrected chi connectivity index (χ4v) is 5.62. The summed E-state index contributed by atoms with van der Waals surface area (Å²) in [7, 11) is -2.42. The first-order valence-electron chi connectivity index (χ1n) is 9.10. The second-order valence-electron chi connectivity index (χ2n) is 6.94. The van der Waals surface area contributed by atoms with Crippen LogP contribution in [0.15, 0.2) is 28.6 Å². The van der Waals surface area contributed by atoms with Crippen molar-refractivity contribution in [2.45, 2.75) is 49.6 Å². The molecule has 2 N–H and O–H groups in total. The van der Waals surface area contributed by atoms with Crippen LogP contribution < -0.4 is 10.0 Å². The highest BCUT2D eigenvalue weighted by molar-refractivity contribution is 7.93. The number of halogens is 2. The van der Waals surface area contributed by atoms with Crippen molar-refractivity contribution in [3.8, 4) is 0 Å². The minimum Gasteiger partial charge on any atom is -0.379 e. The van der Waals surface area contributed by atoms with Crippen LogP contribution in [0.5, 0.6) is 0 Å². The Bertz CT molecular complexity index is 985. The summed E-state index contributed by atoms with van der Waals surface area (Å²) in [6.07, 6.45) is 5.05. The standard InChI is InChI=1S/C18H22ClFN4O3S2/c1-11(25)24(2)16-6-4-3-5-14(16)22-15-10-13(20)17(9-12(15)19)29(26,27)23-18-21-7-8-28-18/h7-10,14,16,22H,3-6H2,1-2H3,(H,21,23)/t14-,16-/m0/s1. The SMILES string of the molecule is CC(=O)N(C)[C@H]1CCCC[C@@H]1Nc1cc(F)c(S(=O)(=O)Nc2nccs2)cc1Cl. The van der Waals surface area contributed by atoms with Gasteiger partial charge in [-0.2, -0.15) is 0 Å². The van der Waals surface area contributed by atoms with Crippen molar-refractivity contribution in [1.29, 1.82) is 0 Å². The molecule has 1 aliphatic rings. The number of nitrogens with zero attached hydrogens (tertiary/aromatic N) is 2. The second-order valence-corrected chi connectivity index (χ2v) is 9.89. The second kappa shape index (κ2) is 8.85. The maximum Gasteiger partial charge on any atom is 0.266 e. The van der Waals surface area contributed by atoms with Gasteiger partial charge in [0, 0.05) is 31.6 Å². The summed E-state index contributed by atoms with van der Waals surface area (Å²) in [6.45, 7) is 1.51. The summed E-state index contributed by atoms with van der Waals surface area (Å²) < 4.78 is 41.9. The number of thiazole rings is 1. The smallest absolute Gasteiger partial charge is 0.266 e. The molecule has 1 aromatic carbocycles. The van der Waals surface area contributed by atoms with E-state index < -0.39 is 20.7 Å². The average molecular weight is 461 g/mol. The van der Waals surface area contributed by atoms with Gasteiger partial charge in [0.25, 0.3) is 10.0 Å². The lowest BCUT2D eigenvalue weighted by atomic mass is 9.89. The first kappa shape index (κ1) is 21.8. The molecule has 2 atom stereocenters. The molecular formula is C18H22ClFN4O3S2. The molecular weight excluding hydrogens is 439 g/mol. The van der Waals surface area contributed by atoms with Gasteiger partial charge in [-0.3, -0.25) is 9.52 Å². The van der Waals surface area contributed by atoms with E-state index in [1.807, 2.05) is 0 Å². The largest absolute Gasteiger partial charge is 0.379 e. The molecule has 0 spiro atoms. The Morgan fingerprint density at radius 2 is 2.07 bits per heavy atom. The molecule has 1 heterocycles. The Kier molecular flexibility index (Phi) is 6.65. The Balaban J connectivity index is 1.84. The summed E-state index contributed by atoms with van der Waals surface area (Å²) in [5.74, 6) is -0.969. The molecule has 1 fully saturated rings. The summed E-state index contributed by atoms with van der Waals surface area (Å²) in [5, 5.41) is 5.04. The zero-order chi connectivity index (χ0) is 21.2. The third-order valence-electron chi connectivity index (χ3n) is 5.03. The highest BCUT2D eigenvalue weighted by Crippen LogP contribution is 2.32. The number of benzene rings is 1. The summed E-state index contributed by atoms with van der Waals surface area (Å²) >= 11 is 7.37. The van der Waals surface area contributed by atoms with Gasteiger partial charge < -0.3 is 10.2 Å². The average Bonchev–Trinajstić information content (AvgIpc) is 3.16. The molecule has 29 heavy (non-hydrogen) atoms. The van der Waals surface area contributed by atoms with E-state index in [4.69, 9.17) is 11.6 Å². The summed E-state index contributed by atoms with van der Waals surface area (Å²) in [5.41, 5.74) is 0.297. The number of hydrogen-bond acceptors (Lipinski definition) is 6. The topological polar surface area (TPSA) is 91.4 Å². The van der Waals surface area contributed by atoms with Gasteiger partial charge in [0.2, 0.25) is 5.91 Å². The van der Waals surface area contributed by atoms with Crippen molar-refractivity contribution in [1.82, 2.24) is 9.88 Å². The number of carbonyl (C=O) groups is 1. The number of amides is 1. The van der Waals surface area contributed by atoms with Crippen LogP contribution in [0.25, 0.3) is 0 Å². The monoisotopic (exact) mass is 460 g/mol. The lowest BCUT2D eigenvalue weighted by molar-refractivity contribution is -0.130. The minimum atomic E-state index is -4.16. The number of sulfonamides is 1. The number of carbonyl (C=O) groups excluding carboxylic acids is 1. The number of nitrogens with one attached hydrogen (secondary N) is 2. The van der Waals surface area contributed by atoms with Crippen LogP contribution in [0, 0.1) is 5.82 Å². The van der Waals surface area contributed by atoms with Gasteiger partial charge in [0.1, 0.15) is 10.7 Å². The first-order valence-corrected chi connectivity index (χ1v) is 11.8. The van der Waals surface area contributed by atoms with Gasteiger partial charge in [0.15, 0.2) is 5.13 Å². The van der Waals surface area contributed by atoms with E-state index >= 15 is 0 Å². The van der Waals surface area contributed by atoms with E-state index in [9.17, 15) is 17.6 Å². The fourth-order valence-electron chi connectivity index (χ4n) is 3.47. The van der Waals surface area contributed by atoms with E-state index in [1.165, 1.54) is 13.1 Å². The Hall–Kier alpha value is -1.91. The summed E-state index contributed by atoms with van der Waals surface area (Å²) in [6, 6.07) is 2.01. The number of likely N-dealkylation sites (N-methyl/N-ethyl adjacent to an activating group) is 1. The van der Waals surface area contributed by atoms with Crippen molar-refractivity contribution < 1.29 is 17.6 Å². The molecule has 1 aliphatic carbocycles. The van der Waals surface area contributed by atoms with Crippen LogP contribution in [0.1, 0.15) is 32.6 Å². The number of hydrogen-bond donors (Lipinski definition) is 2. The van der Waals surface area contributed by atoms with Crippen molar-refractivity contribution in [2.24, 2.45) is 0 Å². The predicted molar refractivity (Wildman–Crippen MR) is 112 cm³/mol. The van der Waals surface area contributed by atoms with Gasteiger partial charge in [-0.1, -0.05) is 24.4 Å². The van der Waals surface area contributed by atoms with E-state index in [-0.39, 0.29) is 28.1 Å². The lowest BCUT2D eigenvalue weighted by Crippen LogP contribution is -2.48. The van der Waals surface area contributed by atoms with Crippen LogP contribution in [0.3, 0.4) is 0 Å². The zero-order valence-electron chi connectivity index (χ0n) is 16.0. The molecule has 11 heteroatoms. The number of aromatic nitrogens is 1. The summed E-state index contributed by atoms with van der Waals surface area (Å²) in [4.78, 5) is 16.7. The van der Waals surface area contributed by atoms with E-state index in [0.29, 0.717) is 5.69 Å². The maximum atomic E-state index is 14.7. The van der Waals surface area contributed by atoms with Gasteiger partial charge in [-0.15, -0.1) is 11.3 Å². The van der Waals surface area contributed by atoms with Crippen molar-refractivity contribution in [2.75, 3.05) is 17.1 Å².